The molecule has 0 atom stereocenters. The van der Waals surface area contributed by atoms with Crippen LogP contribution in [-0.2, 0) is 16.1 Å². The topological polar surface area (TPSA) is 21.7 Å². The maximum Gasteiger partial charge on any atom is 0.0950 e. The molecular formula is C13H21NO2. The van der Waals surface area contributed by atoms with Crippen LogP contribution in [0.3, 0.4) is 0 Å². The van der Waals surface area contributed by atoms with E-state index in [4.69, 9.17) is 9.68 Å². The Morgan fingerprint density at radius 2 is 1.69 bits per heavy atom. The summed E-state index contributed by atoms with van der Waals surface area (Å²) in [6.07, 6.45) is 1.02. The van der Waals surface area contributed by atoms with Crippen LogP contribution in [0.2, 0.25) is 0 Å². The van der Waals surface area contributed by atoms with Crippen molar-refractivity contribution in [1.29, 1.82) is 0 Å². The first kappa shape index (κ1) is 13.0. The van der Waals surface area contributed by atoms with E-state index < -0.39 is 0 Å². The summed E-state index contributed by atoms with van der Waals surface area (Å²) < 4.78 is 0. The largest absolute Gasteiger partial charge is 0.249 e. The van der Waals surface area contributed by atoms with Gasteiger partial charge in [0, 0.05) is 0 Å². The van der Waals surface area contributed by atoms with Crippen molar-refractivity contribution in [1.82, 2.24) is 0 Å². The normalized spacial score (nSPS) is 10.5. The van der Waals surface area contributed by atoms with Gasteiger partial charge in [0.2, 0.25) is 0 Å². The molecule has 3 nitrogen and oxygen atoms in total. The fraction of sp³-hybridized carbons (Fsp3) is 0.538. The van der Waals surface area contributed by atoms with E-state index in [1.807, 2.05) is 19.9 Å². The third-order valence-corrected chi connectivity index (χ3v) is 2.42. The Morgan fingerprint density at radius 1 is 1.06 bits per heavy atom. The van der Waals surface area contributed by atoms with Crippen LogP contribution in [0.25, 0.3) is 0 Å². The Balaban J connectivity index is 2.90. The highest BCUT2D eigenvalue weighted by molar-refractivity contribution is 5.47. The van der Waals surface area contributed by atoms with Crippen LogP contribution in [0.1, 0.15) is 31.9 Å². The number of anilines is 1. The van der Waals surface area contributed by atoms with Gasteiger partial charge in [0.1, 0.15) is 0 Å². The summed E-state index contributed by atoms with van der Waals surface area (Å²) >= 11 is 0. The molecule has 1 aromatic carbocycles. The summed E-state index contributed by atoms with van der Waals surface area (Å²) in [6, 6.07) is 6.22. The Bertz CT molecular complexity index is 320. The summed E-state index contributed by atoms with van der Waals surface area (Å²) in [6.45, 7) is 9.35. The minimum absolute atomic E-state index is 0.593. The molecular weight excluding hydrogens is 202 g/mol. The molecule has 0 amide bonds. The molecule has 16 heavy (non-hydrogen) atoms. The first-order valence-corrected chi connectivity index (χ1v) is 5.88. The van der Waals surface area contributed by atoms with Crippen molar-refractivity contribution >= 4 is 5.69 Å². The zero-order valence-electron chi connectivity index (χ0n) is 10.6. The molecule has 1 aromatic rings. The van der Waals surface area contributed by atoms with Crippen LogP contribution < -0.4 is 5.23 Å². The number of nitrogens with zero attached hydrogens (tertiary/aromatic N) is 1. The van der Waals surface area contributed by atoms with E-state index in [9.17, 15) is 0 Å². The summed E-state index contributed by atoms with van der Waals surface area (Å²) in [5.41, 5.74) is 3.58. The van der Waals surface area contributed by atoms with Crippen molar-refractivity contribution in [2.45, 2.75) is 34.1 Å². The maximum atomic E-state index is 5.42. The number of benzene rings is 1. The molecule has 1 rings (SSSR count). The van der Waals surface area contributed by atoms with Gasteiger partial charge in [-0.3, -0.25) is 0 Å². The molecule has 0 saturated carbocycles. The van der Waals surface area contributed by atoms with Crippen LogP contribution in [0.5, 0.6) is 0 Å². The van der Waals surface area contributed by atoms with E-state index >= 15 is 0 Å². The van der Waals surface area contributed by atoms with Crippen LogP contribution in [0.15, 0.2) is 18.2 Å². The zero-order valence-corrected chi connectivity index (χ0v) is 10.6. The molecule has 0 bridgehead atoms. The fourth-order valence-corrected chi connectivity index (χ4v) is 1.57. The number of aryl methyl sites for hydroxylation is 2. The average Bonchev–Trinajstić information content (AvgIpc) is 2.29. The lowest BCUT2D eigenvalue weighted by atomic mass is 10.1. The van der Waals surface area contributed by atoms with E-state index in [1.165, 1.54) is 16.4 Å². The molecule has 0 fully saturated rings. The number of hydrogen-bond donors (Lipinski definition) is 0. The third kappa shape index (κ3) is 3.22. The standard InChI is InChI=1S/C13H21NO2/c1-5-12-10-13(9-8-11(12)4)14(15-6-2)16-7-3/h8-10H,5-7H2,1-4H3. The summed E-state index contributed by atoms with van der Waals surface area (Å²) in [4.78, 5) is 10.8. The van der Waals surface area contributed by atoms with Crippen LogP contribution in [0.4, 0.5) is 5.69 Å². The van der Waals surface area contributed by atoms with E-state index in [1.54, 1.807) is 0 Å². The first-order chi connectivity index (χ1) is 7.72. The van der Waals surface area contributed by atoms with Crippen molar-refractivity contribution in [3.8, 4) is 0 Å². The first-order valence-electron chi connectivity index (χ1n) is 5.88. The molecule has 0 saturated heterocycles. The van der Waals surface area contributed by atoms with Gasteiger partial charge in [0.05, 0.1) is 18.9 Å². The predicted molar refractivity (Wildman–Crippen MR) is 66.3 cm³/mol. The quantitative estimate of drug-likeness (QED) is 0.691. The van der Waals surface area contributed by atoms with Gasteiger partial charge in [0.25, 0.3) is 0 Å². The van der Waals surface area contributed by atoms with E-state index in [0.717, 1.165) is 12.1 Å². The van der Waals surface area contributed by atoms with Crippen LogP contribution >= 0.6 is 0 Å². The highest BCUT2D eigenvalue weighted by atomic mass is 16.9. The lowest BCUT2D eigenvalue weighted by Gasteiger charge is -2.22. The molecule has 0 aliphatic rings. The molecule has 0 heterocycles. The van der Waals surface area contributed by atoms with E-state index in [-0.39, 0.29) is 0 Å². The van der Waals surface area contributed by atoms with Crippen LogP contribution in [0, 0.1) is 6.92 Å². The van der Waals surface area contributed by atoms with Gasteiger partial charge in [-0.1, -0.05) is 13.0 Å². The van der Waals surface area contributed by atoms with Gasteiger partial charge >= 0.3 is 0 Å². The molecule has 0 radical (unpaired) electrons. The fourth-order valence-electron chi connectivity index (χ4n) is 1.57. The SMILES string of the molecule is CCON(OCC)c1ccc(C)c(CC)c1. The monoisotopic (exact) mass is 223 g/mol. The van der Waals surface area contributed by atoms with Gasteiger partial charge in [0.15, 0.2) is 0 Å². The van der Waals surface area contributed by atoms with Gasteiger partial charge in [-0.05, 0) is 50.5 Å². The molecule has 0 spiro atoms. The van der Waals surface area contributed by atoms with Crippen molar-refractivity contribution in [2.75, 3.05) is 18.4 Å². The van der Waals surface area contributed by atoms with Gasteiger partial charge in [-0.15, -0.1) is 5.23 Å². The van der Waals surface area contributed by atoms with Crippen molar-refractivity contribution in [3.05, 3.63) is 29.3 Å². The van der Waals surface area contributed by atoms with E-state index in [2.05, 4.69) is 26.0 Å². The second kappa shape index (κ2) is 6.51. The molecule has 0 aliphatic carbocycles. The summed E-state index contributed by atoms with van der Waals surface area (Å²) in [5.74, 6) is 0. The van der Waals surface area contributed by atoms with Crippen molar-refractivity contribution < 1.29 is 9.68 Å². The van der Waals surface area contributed by atoms with Crippen molar-refractivity contribution in [2.24, 2.45) is 0 Å². The lowest BCUT2D eigenvalue weighted by Crippen LogP contribution is -2.24. The smallest absolute Gasteiger partial charge is 0.0950 e. The van der Waals surface area contributed by atoms with Crippen LogP contribution in [-0.4, -0.2) is 13.2 Å². The minimum Gasteiger partial charge on any atom is -0.249 e. The number of hydrogen-bond acceptors (Lipinski definition) is 3. The highest BCUT2D eigenvalue weighted by Crippen LogP contribution is 2.20. The lowest BCUT2D eigenvalue weighted by molar-refractivity contribution is -0.0817. The number of rotatable bonds is 6. The van der Waals surface area contributed by atoms with E-state index in [0.29, 0.717) is 13.2 Å². The zero-order chi connectivity index (χ0) is 12.0. The Morgan fingerprint density at radius 3 is 2.19 bits per heavy atom. The predicted octanol–water partition coefficient (Wildman–Crippen LogP) is 3.27. The second-order valence-electron chi connectivity index (χ2n) is 3.56. The molecule has 0 aromatic heterocycles. The second-order valence-corrected chi connectivity index (χ2v) is 3.56. The van der Waals surface area contributed by atoms with Gasteiger partial charge < -0.3 is 0 Å². The van der Waals surface area contributed by atoms with Gasteiger partial charge in [-0.25, -0.2) is 9.68 Å². The molecule has 0 unspecified atom stereocenters. The highest BCUT2D eigenvalue weighted by Gasteiger charge is 2.08. The summed E-state index contributed by atoms with van der Waals surface area (Å²) in [5, 5.41) is 1.50. The van der Waals surface area contributed by atoms with Crippen molar-refractivity contribution in [3.63, 3.8) is 0 Å². The Labute approximate surface area is 97.9 Å². The Kier molecular flexibility index (Phi) is 5.29. The Hall–Kier alpha value is -1.06. The molecule has 0 N–H and O–H groups in total. The maximum absolute atomic E-state index is 5.42. The average molecular weight is 223 g/mol. The molecule has 90 valence electrons. The summed E-state index contributed by atoms with van der Waals surface area (Å²) in [7, 11) is 0. The van der Waals surface area contributed by atoms with Gasteiger partial charge in [-0.2, -0.15) is 0 Å². The molecule has 3 heteroatoms. The minimum atomic E-state index is 0.593. The molecule has 0 aliphatic heterocycles. The third-order valence-electron chi connectivity index (χ3n) is 2.42.